The summed E-state index contributed by atoms with van der Waals surface area (Å²) in [5.74, 6) is -3.36. The van der Waals surface area contributed by atoms with Gasteiger partial charge in [0.25, 0.3) is 0 Å². The number of amides is 1. The van der Waals surface area contributed by atoms with Crippen LogP contribution in [-0.4, -0.2) is 34.1 Å². The molecule has 0 aromatic heterocycles. The molecular formula is C10H18N2O5. The molecule has 0 saturated heterocycles. The van der Waals surface area contributed by atoms with Gasteiger partial charge >= 0.3 is 11.9 Å². The summed E-state index contributed by atoms with van der Waals surface area (Å²) in [7, 11) is 0. The lowest BCUT2D eigenvalue weighted by Crippen LogP contribution is -2.57. The molecule has 0 radical (unpaired) electrons. The Hall–Kier alpha value is -1.63. The number of carboxylic acid groups (broad SMARTS) is 1. The van der Waals surface area contributed by atoms with Crippen LogP contribution >= 0.6 is 0 Å². The average Bonchev–Trinajstić information content (AvgIpc) is 2.10. The molecule has 0 spiro atoms. The standard InChI is InChI=1S/C10H18N2O5/c1-9(2,3)17-8(16)10(12,7(14)15)5-4-6(11)13/h4-5,12H2,1-3H3,(H2,11,13)(H,14,15)/t10-/m0/s1. The minimum Gasteiger partial charge on any atom is -0.479 e. The highest BCUT2D eigenvalue weighted by atomic mass is 16.6. The topological polar surface area (TPSA) is 133 Å². The number of aliphatic carboxylic acids is 1. The fourth-order valence-corrected chi connectivity index (χ4v) is 0.986. The summed E-state index contributed by atoms with van der Waals surface area (Å²) >= 11 is 0. The van der Waals surface area contributed by atoms with Gasteiger partial charge in [-0.2, -0.15) is 0 Å². The number of hydrogen-bond donors (Lipinski definition) is 3. The monoisotopic (exact) mass is 246 g/mol. The molecule has 0 aromatic rings. The number of carbonyl (C=O) groups excluding carboxylic acids is 2. The van der Waals surface area contributed by atoms with E-state index < -0.39 is 35.4 Å². The van der Waals surface area contributed by atoms with Crippen molar-refractivity contribution in [3.05, 3.63) is 0 Å². The zero-order valence-electron chi connectivity index (χ0n) is 10.1. The van der Waals surface area contributed by atoms with E-state index in [0.717, 1.165) is 0 Å². The Labute approximate surface area is 99.1 Å². The van der Waals surface area contributed by atoms with Crippen molar-refractivity contribution >= 4 is 17.8 Å². The SMILES string of the molecule is CC(C)(C)OC(=O)[C@](N)(CCC(N)=O)C(=O)O. The van der Waals surface area contributed by atoms with Crippen molar-refractivity contribution in [2.75, 3.05) is 0 Å². The predicted molar refractivity (Wildman–Crippen MR) is 58.8 cm³/mol. The van der Waals surface area contributed by atoms with Crippen LogP contribution in [0.1, 0.15) is 33.6 Å². The molecule has 0 bridgehead atoms. The van der Waals surface area contributed by atoms with E-state index in [0.29, 0.717) is 0 Å². The first-order chi connectivity index (χ1) is 7.49. The Kier molecular flexibility index (Phi) is 4.64. The summed E-state index contributed by atoms with van der Waals surface area (Å²) < 4.78 is 4.90. The summed E-state index contributed by atoms with van der Waals surface area (Å²) in [6.07, 6.45) is -0.700. The van der Waals surface area contributed by atoms with Crippen LogP contribution in [0.2, 0.25) is 0 Å². The van der Waals surface area contributed by atoms with Crippen molar-refractivity contribution in [2.45, 2.75) is 44.8 Å². The molecule has 17 heavy (non-hydrogen) atoms. The van der Waals surface area contributed by atoms with Crippen molar-refractivity contribution in [3.8, 4) is 0 Å². The molecule has 0 rings (SSSR count). The molecule has 0 aliphatic heterocycles. The highest BCUT2D eigenvalue weighted by Crippen LogP contribution is 2.17. The predicted octanol–water partition coefficient (Wildman–Crippen LogP) is -0.624. The van der Waals surface area contributed by atoms with E-state index >= 15 is 0 Å². The maximum absolute atomic E-state index is 11.7. The van der Waals surface area contributed by atoms with E-state index in [-0.39, 0.29) is 6.42 Å². The van der Waals surface area contributed by atoms with Gasteiger partial charge in [0.2, 0.25) is 11.4 Å². The van der Waals surface area contributed by atoms with Crippen molar-refractivity contribution in [1.82, 2.24) is 0 Å². The number of nitrogens with two attached hydrogens (primary N) is 2. The molecule has 5 N–H and O–H groups in total. The molecule has 98 valence electrons. The summed E-state index contributed by atoms with van der Waals surface area (Å²) in [5, 5.41) is 8.93. The molecule has 7 nitrogen and oxygen atoms in total. The van der Waals surface area contributed by atoms with Gasteiger partial charge in [0.05, 0.1) is 0 Å². The number of carboxylic acids is 1. The molecule has 0 aromatic carbocycles. The van der Waals surface area contributed by atoms with Crippen LogP contribution in [0.5, 0.6) is 0 Å². The largest absolute Gasteiger partial charge is 0.479 e. The molecule has 0 unspecified atom stereocenters. The lowest BCUT2D eigenvalue weighted by molar-refractivity contribution is -0.169. The fraction of sp³-hybridized carbons (Fsp3) is 0.700. The molecule has 0 fully saturated rings. The van der Waals surface area contributed by atoms with E-state index in [9.17, 15) is 14.4 Å². The highest BCUT2D eigenvalue weighted by molar-refractivity contribution is 6.04. The quantitative estimate of drug-likeness (QED) is 0.437. The molecule has 0 saturated carbocycles. The number of hydrogen-bond acceptors (Lipinski definition) is 5. The van der Waals surface area contributed by atoms with E-state index in [1.54, 1.807) is 20.8 Å². The van der Waals surface area contributed by atoms with Gasteiger partial charge < -0.3 is 21.3 Å². The summed E-state index contributed by atoms with van der Waals surface area (Å²) in [4.78, 5) is 33.2. The summed E-state index contributed by atoms with van der Waals surface area (Å²) in [6.45, 7) is 4.75. The van der Waals surface area contributed by atoms with E-state index in [1.165, 1.54) is 0 Å². The minimum atomic E-state index is -2.25. The van der Waals surface area contributed by atoms with Crippen LogP contribution in [0.25, 0.3) is 0 Å². The lowest BCUT2D eigenvalue weighted by Gasteiger charge is -2.27. The third-order valence-corrected chi connectivity index (χ3v) is 1.91. The molecule has 0 aliphatic carbocycles. The molecule has 1 amide bonds. The van der Waals surface area contributed by atoms with Crippen LogP contribution in [0.4, 0.5) is 0 Å². The van der Waals surface area contributed by atoms with Gasteiger partial charge in [0.1, 0.15) is 5.60 Å². The van der Waals surface area contributed by atoms with Gasteiger partial charge in [0, 0.05) is 6.42 Å². The summed E-state index contributed by atoms with van der Waals surface area (Å²) in [5.41, 5.74) is 7.24. The van der Waals surface area contributed by atoms with Crippen molar-refractivity contribution in [1.29, 1.82) is 0 Å². The van der Waals surface area contributed by atoms with Crippen LogP contribution in [0.3, 0.4) is 0 Å². The van der Waals surface area contributed by atoms with E-state index in [4.69, 9.17) is 21.3 Å². The van der Waals surface area contributed by atoms with Crippen molar-refractivity contribution < 1.29 is 24.2 Å². The maximum atomic E-state index is 11.7. The van der Waals surface area contributed by atoms with Crippen LogP contribution in [-0.2, 0) is 19.1 Å². The van der Waals surface area contributed by atoms with Gasteiger partial charge in [-0.3, -0.25) is 4.79 Å². The summed E-state index contributed by atoms with van der Waals surface area (Å²) in [6, 6.07) is 0. The van der Waals surface area contributed by atoms with Gasteiger partial charge in [-0.15, -0.1) is 0 Å². The fourth-order valence-electron chi connectivity index (χ4n) is 0.986. The normalized spacial score (nSPS) is 14.8. The van der Waals surface area contributed by atoms with Crippen LogP contribution < -0.4 is 11.5 Å². The third kappa shape index (κ3) is 4.81. The first kappa shape index (κ1) is 15.4. The second-order valence-corrected chi connectivity index (χ2v) is 4.74. The number of esters is 1. The molecule has 0 heterocycles. The first-order valence-corrected chi connectivity index (χ1v) is 5.03. The zero-order chi connectivity index (χ0) is 13.9. The second kappa shape index (κ2) is 5.13. The Balaban J connectivity index is 4.88. The number of ether oxygens (including phenoxy) is 1. The van der Waals surface area contributed by atoms with Crippen LogP contribution in [0.15, 0.2) is 0 Å². The molecular weight excluding hydrogens is 228 g/mol. The molecule has 1 atom stereocenters. The smallest absolute Gasteiger partial charge is 0.338 e. The average molecular weight is 246 g/mol. The van der Waals surface area contributed by atoms with Crippen LogP contribution in [0, 0.1) is 0 Å². The molecule has 7 heteroatoms. The Morgan fingerprint density at radius 3 is 2.00 bits per heavy atom. The zero-order valence-corrected chi connectivity index (χ0v) is 10.1. The number of primary amides is 1. The number of rotatable bonds is 5. The minimum absolute atomic E-state index is 0.304. The number of carbonyl (C=O) groups is 3. The van der Waals surface area contributed by atoms with Gasteiger partial charge in [0.15, 0.2) is 0 Å². The Morgan fingerprint density at radius 1 is 1.24 bits per heavy atom. The highest BCUT2D eigenvalue weighted by Gasteiger charge is 2.45. The van der Waals surface area contributed by atoms with E-state index in [1.807, 2.05) is 0 Å². The maximum Gasteiger partial charge on any atom is 0.338 e. The van der Waals surface area contributed by atoms with Gasteiger partial charge in [-0.05, 0) is 27.2 Å². The van der Waals surface area contributed by atoms with Gasteiger partial charge in [-0.25, -0.2) is 9.59 Å². The van der Waals surface area contributed by atoms with Gasteiger partial charge in [-0.1, -0.05) is 0 Å². The lowest BCUT2D eigenvalue weighted by atomic mass is 9.94. The van der Waals surface area contributed by atoms with E-state index in [2.05, 4.69) is 0 Å². The third-order valence-electron chi connectivity index (χ3n) is 1.91. The second-order valence-electron chi connectivity index (χ2n) is 4.74. The Bertz CT molecular complexity index is 334. The van der Waals surface area contributed by atoms with Crippen molar-refractivity contribution in [2.24, 2.45) is 11.5 Å². The molecule has 0 aliphatic rings. The Morgan fingerprint density at radius 2 is 1.71 bits per heavy atom. The first-order valence-electron chi connectivity index (χ1n) is 5.03. The van der Waals surface area contributed by atoms with Crippen molar-refractivity contribution in [3.63, 3.8) is 0 Å².